The number of aryl methyl sites for hydroxylation is 1. The first-order chi connectivity index (χ1) is 10.6. The molecule has 3 aromatic rings. The van der Waals surface area contributed by atoms with Crippen molar-refractivity contribution < 1.29 is 5.11 Å². The molecule has 0 fully saturated rings. The molecule has 22 heavy (non-hydrogen) atoms. The van der Waals surface area contributed by atoms with Gasteiger partial charge in [-0.25, -0.2) is 4.98 Å². The molecule has 0 spiro atoms. The highest BCUT2D eigenvalue weighted by Gasteiger charge is 2.14. The van der Waals surface area contributed by atoms with Crippen molar-refractivity contribution in [1.29, 1.82) is 0 Å². The predicted molar refractivity (Wildman–Crippen MR) is 89.7 cm³/mol. The highest BCUT2D eigenvalue weighted by Crippen LogP contribution is 2.24. The molecule has 0 aliphatic carbocycles. The summed E-state index contributed by atoms with van der Waals surface area (Å²) in [5.41, 5.74) is 0.475. The van der Waals surface area contributed by atoms with Crippen LogP contribution in [0.25, 0.3) is 10.2 Å². The quantitative estimate of drug-likeness (QED) is 0.795. The molecule has 0 bridgehead atoms. The summed E-state index contributed by atoms with van der Waals surface area (Å²) in [5, 5.41) is 11.4. The fourth-order valence-corrected chi connectivity index (χ4v) is 3.53. The van der Waals surface area contributed by atoms with Gasteiger partial charge < -0.3 is 5.11 Å². The predicted octanol–water partition coefficient (Wildman–Crippen LogP) is 3.41. The van der Waals surface area contributed by atoms with E-state index in [0.29, 0.717) is 16.0 Å². The van der Waals surface area contributed by atoms with E-state index in [9.17, 15) is 9.90 Å². The topological polar surface area (TPSA) is 55.1 Å². The Morgan fingerprint density at radius 1 is 1.41 bits per heavy atom. The molecule has 3 rings (SSSR count). The number of aliphatic hydroxyl groups is 1. The molecule has 1 N–H and O–H groups in total. The van der Waals surface area contributed by atoms with Crippen molar-refractivity contribution in [1.82, 2.24) is 9.55 Å². The van der Waals surface area contributed by atoms with Gasteiger partial charge in [-0.1, -0.05) is 36.7 Å². The number of benzene rings is 1. The maximum Gasteiger partial charge on any atom is 0.262 e. The summed E-state index contributed by atoms with van der Waals surface area (Å²) >= 11 is 7.61. The summed E-state index contributed by atoms with van der Waals surface area (Å²) in [6.07, 6.45) is 1.51. The number of aromatic nitrogens is 2. The summed E-state index contributed by atoms with van der Waals surface area (Å²) < 4.78 is 1.43. The van der Waals surface area contributed by atoms with Crippen LogP contribution in [0.5, 0.6) is 0 Å². The number of hydrogen-bond acceptors (Lipinski definition) is 4. The molecule has 1 atom stereocenters. The van der Waals surface area contributed by atoms with E-state index in [1.54, 1.807) is 24.3 Å². The average Bonchev–Trinajstić information content (AvgIpc) is 2.94. The minimum atomic E-state index is -0.852. The number of fused-ring (bicyclic) bond motifs is 1. The maximum atomic E-state index is 12.5. The third-order valence-corrected chi connectivity index (χ3v) is 5.08. The number of thiophene rings is 1. The zero-order valence-electron chi connectivity index (χ0n) is 12.0. The number of rotatable bonds is 4. The third-order valence-electron chi connectivity index (χ3n) is 3.55. The number of aliphatic hydroxyl groups excluding tert-OH is 1. The van der Waals surface area contributed by atoms with Gasteiger partial charge in [-0.3, -0.25) is 9.36 Å². The van der Waals surface area contributed by atoms with Gasteiger partial charge in [0, 0.05) is 15.5 Å². The molecule has 4 nitrogen and oxygen atoms in total. The molecular weight excluding hydrogens is 320 g/mol. The molecule has 0 saturated carbocycles. The SMILES string of the molecule is CCc1cc2c(=O)n(CC(O)c3ccccc3Cl)cnc2s1. The van der Waals surface area contributed by atoms with Gasteiger partial charge in [0.15, 0.2) is 0 Å². The van der Waals surface area contributed by atoms with Gasteiger partial charge in [0.1, 0.15) is 4.83 Å². The maximum absolute atomic E-state index is 12.5. The van der Waals surface area contributed by atoms with Crippen LogP contribution in [0, 0.1) is 0 Å². The first-order valence-corrected chi connectivity index (χ1v) is 8.20. The first-order valence-electron chi connectivity index (χ1n) is 7.00. The molecular formula is C16H15ClN2O2S. The Morgan fingerprint density at radius 3 is 2.91 bits per heavy atom. The molecule has 0 amide bonds. The second-order valence-electron chi connectivity index (χ2n) is 5.02. The highest BCUT2D eigenvalue weighted by atomic mass is 35.5. The van der Waals surface area contributed by atoms with Crippen LogP contribution in [0.15, 0.2) is 41.5 Å². The minimum absolute atomic E-state index is 0.128. The van der Waals surface area contributed by atoms with Crippen molar-refractivity contribution in [2.45, 2.75) is 26.0 Å². The summed E-state index contributed by atoms with van der Waals surface area (Å²) in [6, 6.07) is 8.96. The first kappa shape index (κ1) is 15.2. The highest BCUT2D eigenvalue weighted by molar-refractivity contribution is 7.18. The monoisotopic (exact) mass is 334 g/mol. The van der Waals surface area contributed by atoms with Crippen LogP contribution >= 0.6 is 22.9 Å². The molecule has 114 valence electrons. The second-order valence-corrected chi connectivity index (χ2v) is 6.55. The molecule has 0 aliphatic rings. The van der Waals surface area contributed by atoms with Gasteiger partial charge in [-0.05, 0) is 18.6 Å². The molecule has 6 heteroatoms. The van der Waals surface area contributed by atoms with E-state index in [0.717, 1.165) is 16.1 Å². The summed E-state index contributed by atoms with van der Waals surface area (Å²) in [5.74, 6) is 0. The Labute approximate surface area is 136 Å². The van der Waals surface area contributed by atoms with Crippen LogP contribution in [-0.2, 0) is 13.0 Å². The number of nitrogens with zero attached hydrogens (tertiary/aromatic N) is 2. The van der Waals surface area contributed by atoms with Gasteiger partial charge in [0.05, 0.1) is 24.4 Å². The normalized spacial score (nSPS) is 12.7. The lowest BCUT2D eigenvalue weighted by Crippen LogP contribution is -2.23. The largest absolute Gasteiger partial charge is 0.386 e. The molecule has 2 aromatic heterocycles. The zero-order chi connectivity index (χ0) is 15.7. The third kappa shape index (κ3) is 2.79. The summed E-state index contributed by atoms with van der Waals surface area (Å²) in [7, 11) is 0. The average molecular weight is 335 g/mol. The fourth-order valence-electron chi connectivity index (χ4n) is 2.34. The number of halogens is 1. The van der Waals surface area contributed by atoms with Crippen molar-refractivity contribution in [3.8, 4) is 0 Å². The van der Waals surface area contributed by atoms with Crippen molar-refractivity contribution in [3.63, 3.8) is 0 Å². The minimum Gasteiger partial charge on any atom is -0.386 e. The summed E-state index contributed by atoms with van der Waals surface area (Å²) in [4.78, 5) is 18.7. The van der Waals surface area contributed by atoms with Gasteiger partial charge in [-0.15, -0.1) is 11.3 Å². The van der Waals surface area contributed by atoms with E-state index in [-0.39, 0.29) is 12.1 Å². The van der Waals surface area contributed by atoms with Crippen LogP contribution in [-0.4, -0.2) is 14.7 Å². The Kier molecular flexibility index (Phi) is 4.29. The summed E-state index contributed by atoms with van der Waals surface area (Å²) in [6.45, 7) is 2.17. The Morgan fingerprint density at radius 2 is 2.18 bits per heavy atom. The lowest BCUT2D eigenvalue weighted by atomic mass is 10.1. The molecule has 1 unspecified atom stereocenters. The molecule has 0 saturated heterocycles. The lowest BCUT2D eigenvalue weighted by Gasteiger charge is -2.14. The van der Waals surface area contributed by atoms with E-state index in [4.69, 9.17) is 11.6 Å². The Balaban J connectivity index is 1.95. The van der Waals surface area contributed by atoms with Crippen LogP contribution in [0.3, 0.4) is 0 Å². The fraction of sp³-hybridized carbons (Fsp3) is 0.250. The van der Waals surface area contributed by atoms with Crippen LogP contribution in [0.2, 0.25) is 5.02 Å². The van der Waals surface area contributed by atoms with Crippen LogP contribution < -0.4 is 5.56 Å². The van der Waals surface area contributed by atoms with E-state index in [1.807, 2.05) is 13.0 Å². The molecule has 0 aliphatic heterocycles. The van der Waals surface area contributed by atoms with Gasteiger partial charge in [-0.2, -0.15) is 0 Å². The number of hydrogen-bond donors (Lipinski definition) is 1. The molecule has 0 radical (unpaired) electrons. The Bertz CT molecular complexity index is 872. The van der Waals surface area contributed by atoms with Gasteiger partial charge in [0.25, 0.3) is 5.56 Å². The van der Waals surface area contributed by atoms with Crippen LogP contribution in [0.4, 0.5) is 0 Å². The van der Waals surface area contributed by atoms with Crippen molar-refractivity contribution in [3.05, 3.63) is 62.5 Å². The second kappa shape index (κ2) is 6.20. The molecule has 2 heterocycles. The zero-order valence-corrected chi connectivity index (χ0v) is 13.6. The van der Waals surface area contributed by atoms with Crippen LogP contribution in [0.1, 0.15) is 23.5 Å². The van der Waals surface area contributed by atoms with Crippen molar-refractivity contribution in [2.75, 3.05) is 0 Å². The van der Waals surface area contributed by atoms with Gasteiger partial charge in [0.2, 0.25) is 0 Å². The van der Waals surface area contributed by atoms with E-state index >= 15 is 0 Å². The van der Waals surface area contributed by atoms with Crippen molar-refractivity contribution in [2.24, 2.45) is 0 Å². The smallest absolute Gasteiger partial charge is 0.262 e. The van der Waals surface area contributed by atoms with Crippen molar-refractivity contribution >= 4 is 33.2 Å². The Hall–Kier alpha value is -1.69. The van der Waals surface area contributed by atoms with E-state index in [2.05, 4.69) is 4.98 Å². The lowest BCUT2D eigenvalue weighted by molar-refractivity contribution is 0.155. The molecule has 1 aromatic carbocycles. The van der Waals surface area contributed by atoms with Gasteiger partial charge >= 0.3 is 0 Å². The standard InChI is InChI=1S/C16H15ClN2O2S/c1-2-10-7-12-15(22-10)18-9-19(16(12)21)8-14(20)11-5-3-4-6-13(11)17/h3-7,9,14,20H,2,8H2,1H3. The van der Waals surface area contributed by atoms with E-state index in [1.165, 1.54) is 22.2 Å². The van der Waals surface area contributed by atoms with E-state index < -0.39 is 6.10 Å².